The SMILES string of the molecule is Cc1c(C)c2c(c(C)c1O)CCC(C)(CCN(C)CCOc1ccc(/C=C3/SC(=O)NC3=O)cc1)O2. The van der Waals surface area contributed by atoms with Crippen molar-refractivity contribution in [2.24, 2.45) is 0 Å². The Kier molecular flexibility index (Phi) is 7.66. The molecule has 2 aromatic carbocycles. The third-order valence-corrected chi connectivity index (χ3v) is 7.99. The van der Waals surface area contributed by atoms with Gasteiger partial charge in [0.1, 0.15) is 29.5 Å². The van der Waals surface area contributed by atoms with Gasteiger partial charge in [-0.2, -0.15) is 0 Å². The van der Waals surface area contributed by atoms with E-state index >= 15 is 0 Å². The van der Waals surface area contributed by atoms with Gasteiger partial charge in [-0.25, -0.2) is 0 Å². The van der Waals surface area contributed by atoms with Crippen LogP contribution in [0.25, 0.3) is 6.08 Å². The summed E-state index contributed by atoms with van der Waals surface area (Å²) in [5.74, 6) is 1.74. The van der Waals surface area contributed by atoms with E-state index in [9.17, 15) is 14.7 Å². The maximum atomic E-state index is 11.7. The molecule has 2 aliphatic heterocycles. The number of benzene rings is 2. The highest BCUT2D eigenvalue weighted by molar-refractivity contribution is 8.18. The average Bonchev–Trinajstić information content (AvgIpc) is 3.17. The van der Waals surface area contributed by atoms with E-state index in [1.807, 2.05) is 45.0 Å². The Morgan fingerprint density at radius 3 is 2.53 bits per heavy atom. The molecule has 1 fully saturated rings. The topological polar surface area (TPSA) is 88.1 Å². The van der Waals surface area contributed by atoms with Crippen molar-refractivity contribution in [2.45, 2.75) is 52.6 Å². The van der Waals surface area contributed by atoms with Crippen molar-refractivity contribution in [3.63, 3.8) is 0 Å². The van der Waals surface area contributed by atoms with Gasteiger partial charge in [0.25, 0.3) is 11.1 Å². The van der Waals surface area contributed by atoms with Crippen molar-refractivity contribution in [3.05, 3.63) is 57.0 Å². The predicted molar refractivity (Wildman–Crippen MR) is 143 cm³/mol. The number of phenols is 1. The highest BCUT2D eigenvalue weighted by Gasteiger charge is 2.34. The first-order valence-corrected chi connectivity index (χ1v) is 13.0. The fourth-order valence-corrected chi connectivity index (χ4v) is 5.24. The van der Waals surface area contributed by atoms with Crippen molar-refractivity contribution >= 4 is 29.0 Å². The number of carbonyl (C=O) groups excluding carboxylic acids is 2. The van der Waals surface area contributed by atoms with Gasteiger partial charge >= 0.3 is 0 Å². The van der Waals surface area contributed by atoms with E-state index in [2.05, 4.69) is 24.2 Å². The molecule has 8 heteroatoms. The zero-order valence-electron chi connectivity index (χ0n) is 21.6. The molecule has 1 saturated heterocycles. The van der Waals surface area contributed by atoms with Gasteiger partial charge in [-0.3, -0.25) is 14.9 Å². The minimum Gasteiger partial charge on any atom is -0.507 e. The average molecular weight is 511 g/mol. The Bertz CT molecular complexity index is 1210. The zero-order chi connectivity index (χ0) is 26.0. The molecule has 0 aliphatic carbocycles. The molecule has 1 unspecified atom stereocenters. The van der Waals surface area contributed by atoms with E-state index in [1.165, 1.54) is 0 Å². The molecule has 0 spiro atoms. The van der Waals surface area contributed by atoms with Gasteiger partial charge < -0.3 is 19.5 Å². The molecule has 4 rings (SSSR count). The number of hydrogen-bond acceptors (Lipinski definition) is 7. The number of fused-ring (bicyclic) bond motifs is 1. The van der Waals surface area contributed by atoms with Crippen LogP contribution in [0.3, 0.4) is 0 Å². The lowest BCUT2D eigenvalue weighted by Gasteiger charge is -2.38. The summed E-state index contributed by atoms with van der Waals surface area (Å²) in [7, 11) is 2.09. The van der Waals surface area contributed by atoms with Gasteiger partial charge in [0, 0.05) is 18.7 Å². The lowest BCUT2D eigenvalue weighted by Crippen LogP contribution is -2.40. The fraction of sp³-hybridized carbons (Fsp3) is 0.429. The first-order chi connectivity index (χ1) is 17.1. The monoisotopic (exact) mass is 510 g/mol. The Hall–Kier alpha value is -2.97. The second-order valence-electron chi connectivity index (χ2n) is 9.91. The van der Waals surface area contributed by atoms with Crippen molar-refractivity contribution in [3.8, 4) is 17.2 Å². The Morgan fingerprint density at radius 1 is 1.14 bits per heavy atom. The van der Waals surface area contributed by atoms with E-state index in [0.29, 0.717) is 17.3 Å². The third kappa shape index (κ3) is 5.71. The molecule has 2 aromatic rings. The highest BCUT2D eigenvalue weighted by atomic mass is 32.2. The predicted octanol–water partition coefficient (Wildman–Crippen LogP) is 5.13. The summed E-state index contributed by atoms with van der Waals surface area (Å²) in [5.41, 5.74) is 4.59. The van der Waals surface area contributed by atoms with Gasteiger partial charge in [0.15, 0.2) is 0 Å². The molecule has 7 nitrogen and oxygen atoms in total. The number of amides is 2. The van der Waals surface area contributed by atoms with E-state index < -0.39 is 0 Å². The molecule has 0 radical (unpaired) electrons. The minimum absolute atomic E-state index is 0.244. The van der Waals surface area contributed by atoms with Crippen molar-refractivity contribution in [2.75, 3.05) is 26.7 Å². The van der Waals surface area contributed by atoms with Crippen LogP contribution in [0, 0.1) is 20.8 Å². The van der Waals surface area contributed by atoms with Crippen LogP contribution in [-0.2, 0) is 11.2 Å². The Balaban J connectivity index is 1.25. The van der Waals surface area contributed by atoms with Crippen molar-refractivity contribution in [1.29, 1.82) is 0 Å². The summed E-state index contributed by atoms with van der Waals surface area (Å²) in [5, 5.41) is 12.3. The van der Waals surface area contributed by atoms with Gasteiger partial charge in [0.05, 0.1) is 4.91 Å². The van der Waals surface area contributed by atoms with E-state index in [4.69, 9.17) is 9.47 Å². The molecule has 2 heterocycles. The summed E-state index contributed by atoms with van der Waals surface area (Å²) in [6.07, 6.45) is 4.43. The van der Waals surface area contributed by atoms with Crippen LogP contribution in [-0.4, -0.2) is 53.5 Å². The normalized spacial score (nSPS) is 20.4. The van der Waals surface area contributed by atoms with Crippen LogP contribution in [0.4, 0.5) is 4.79 Å². The minimum atomic E-state index is -0.357. The largest absolute Gasteiger partial charge is 0.507 e. The van der Waals surface area contributed by atoms with Crippen molar-refractivity contribution < 1.29 is 24.2 Å². The number of aromatic hydroxyl groups is 1. The molecule has 192 valence electrons. The Labute approximate surface area is 216 Å². The number of nitrogens with one attached hydrogen (secondary N) is 1. The molecule has 36 heavy (non-hydrogen) atoms. The van der Waals surface area contributed by atoms with E-state index in [1.54, 1.807) is 6.08 Å². The van der Waals surface area contributed by atoms with E-state index in [0.717, 1.165) is 83.4 Å². The standard InChI is InChI=1S/C28H34N2O5S/c1-17-18(2)25-22(19(3)24(17)31)10-11-28(4,35-25)12-13-30(5)14-15-34-21-8-6-20(7-9-21)16-23-26(32)29-27(33)36-23/h6-9,16,31H,10-15H2,1-5H3,(H,29,32,33)/b23-16+. The smallest absolute Gasteiger partial charge is 0.290 e. The quantitative estimate of drug-likeness (QED) is 0.476. The molecule has 2 aliphatic rings. The Morgan fingerprint density at radius 2 is 1.86 bits per heavy atom. The fourth-order valence-electron chi connectivity index (χ4n) is 4.56. The maximum Gasteiger partial charge on any atom is 0.290 e. The number of rotatable bonds is 8. The lowest BCUT2D eigenvalue weighted by molar-refractivity contribution is -0.115. The summed E-state index contributed by atoms with van der Waals surface area (Å²) in [6, 6.07) is 7.47. The molecule has 0 aromatic heterocycles. The number of carbonyl (C=O) groups is 2. The zero-order valence-corrected chi connectivity index (χ0v) is 22.4. The molecular weight excluding hydrogens is 476 g/mol. The van der Waals surface area contributed by atoms with Gasteiger partial charge in [-0.05, 0) is 106 Å². The van der Waals surface area contributed by atoms with Crippen LogP contribution < -0.4 is 14.8 Å². The van der Waals surface area contributed by atoms with Gasteiger partial charge in [-0.1, -0.05) is 12.1 Å². The summed E-state index contributed by atoms with van der Waals surface area (Å²) in [6.45, 7) is 10.3. The highest BCUT2D eigenvalue weighted by Crippen LogP contribution is 2.44. The summed E-state index contributed by atoms with van der Waals surface area (Å²) < 4.78 is 12.4. The molecule has 2 amide bonds. The first kappa shape index (κ1) is 26.1. The number of likely N-dealkylation sites (N-methyl/N-ethyl adjacent to an activating group) is 1. The molecule has 0 saturated carbocycles. The van der Waals surface area contributed by atoms with Gasteiger partial charge in [0.2, 0.25) is 0 Å². The van der Waals surface area contributed by atoms with Crippen LogP contribution in [0.15, 0.2) is 29.2 Å². The van der Waals surface area contributed by atoms with Crippen LogP contribution in [0.5, 0.6) is 17.2 Å². The number of phenolic OH excluding ortho intramolecular Hbond substituents is 1. The van der Waals surface area contributed by atoms with Crippen LogP contribution in [0.2, 0.25) is 0 Å². The molecule has 0 bridgehead atoms. The van der Waals surface area contributed by atoms with Gasteiger partial charge in [-0.15, -0.1) is 0 Å². The molecular formula is C28H34N2O5S. The second kappa shape index (κ2) is 10.6. The number of nitrogens with zero attached hydrogens (tertiary/aromatic N) is 1. The number of imide groups is 1. The molecule has 2 N–H and O–H groups in total. The number of thioether (sulfide) groups is 1. The summed E-state index contributed by atoms with van der Waals surface area (Å²) in [4.78, 5) is 25.6. The summed E-state index contributed by atoms with van der Waals surface area (Å²) >= 11 is 0.909. The maximum absolute atomic E-state index is 11.7. The number of ether oxygens (including phenoxy) is 2. The van der Waals surface area contributed by atoms with Crippen molar-refractivity contribution in [1.82, 2.24) is 10.2 Å². The van der Waals surface area contributed by atoms with Crippen LogP contribution in [0.1, 0.15) is 47.6 Å². The third-order valence-electron chi connectivity index (χ3n) is 7.18. The first-order valence-electron chi connectivity index (χ1n) is 12.2. The lowest BCUT2D eigenvalue weighted by atomic mass is 9.85. The van der Waals surface area contributed by atoms with E-state index in [-0.39, 0.29) is 16.7 Å². The van der Waals surface area contributed by atoms with Crippen LogP contribution >= 0.6 is 11.8 Å². The number of hydrogen-bond donors (Lipinski definition) is 2. The second-order valence-corrected chi connectivity index (χ2v) is 10.9. The molecule has 1 atom stereocenters.